The summed E-state index contributed by atoms with van der Waals surface area (Å²) in [5.74, 6) is 4.53. The van der Waals surface area contributed by atoms with Crippen molar-refractivity contribution in [3.05, 3.63) is 28.5 Å². The lowest BCUT2D eigenvalue weighted by Gasteiger charge is -1.97. The number of hydrazine groups is 1. The van der Waals surface area contributed by atoms with Gasteiger partial charge in [-0.1, -0.05) is 12.2 Å². The third-order valence-electron chi connectivity index (χ3n) is 1.19. The monoisotopic (exact) mass is 205 g/mol. The Bertz CT molecular complexity index is 325. The molecule has 0 aliphatic rings. The molecule has 1 amide bonds. The molecule has 0 bridgehead atoms. The maximum Gasteiger partial charge on any atom is 0.268 e. The Morgan fingerprint density at radius 3 is 2.83 bits per heavy atom. The zero-order valence-corrected chi connectivity index (χ0v) is 7.67. The van der Waals surface area contributed by atoms with Gasteiger partial charge in [0, 0.05) is 6.20 Å². The van der Waals surface area contributed by atoms with Gasteiger partial charge in [0.15, 0.2) is 0 Å². The average Bonchev–Trinajstić information content (AvgIpc) is 2.04. The van der Waals surface area contributed by atoms with Gasteiger partial charge in [-0.05, 0) is 12.1 Å². The molecule has 0 atom stereocenters. The molecule has 66 valence electrons. The summed E-state index contributed by atoms with van der Waals surface area (Å²) < 4.78 is 0.385. The summed E-state index contributed by atoms with van der Waals surface area (Å²) in [6.45, 7) is 0. The summed E-state index contributed by atoms with van der Waals surface area (Å²) in [4.78, 5) is 13.6. The van der Waals surface area contributed by atoms with Crippen molar-refractivity contribution >= 4 is 30.5 Å². The first-order valence-electron chi connectivity index (χ1n) is 2.94. The fourth-order valence-electron chi connectivity index (χ4n) is 0.678. The van der Waals surface area contributed by atoms with Crippen molar-refractivity contribution in [3.63, 3.8) is 0 Å². The number of nitrogens with one attached hydrogen (secondary N) is 2. The number of halogens is 1. The number of H-pyrrole nitrogens is 1. The largest absolute Gasteiger partial charge is 0.352 e. The second-order valence-corrected chi connectivity index (χ2v) is 2.29. The van der Waals surface area contributed by atoms with Gasteiger partial charge in [0.1, 0.15) is 4.64 Å². The Labute approximate surface area is 80.5 Å². The van der Waals surface area contributed by atoms with E-state index >= 15 is 0 Å². The van der Waals surface area contributed by atoms with E-state index in [-0.39, 0.29) is 18.3 Å². The average molecular weight is 206 g/mol. The number of hydrogen-bond donors (Lipinski definition) is 3. The van der Waals surface area contributed by atoms with Crippen molar-refractivity contribution in [2.24, 2.45) is 5.84 Å². The molecule has 1 aromatic rings. The maximum atomic E-state index is 10.9. The van der Waals surface area contributed by atoms with Crippen molar-refractivity contribution in [2.75, 3.05) is 0 Å². The number of hydrogen-bond acceptors (Lipinski definition) is 3. The van der Waals surface area contributed by atoms with Gasteiger partial charge in [0.2, 0.25) is 0 Å². The quantitative estimate of drug-likeness (QED) is 0.275. The number of nitrogen functional groups attached to an aromatic ring is 1. The Hall–Kier alpha value is -0.910. The second kappa shape index (κ2) is 4.87. The molecule has 1 aromatic heterocycles. The lowest BCUT2D eigenvalue weighted by Crippen LogP contribution is -2.30. The van der Waals surface area contributed by atoms with Crippen LogP contribution in [0.1, 0.15) is 10.4 Å². The molecule has 12 heavy (non-hydrogen) atoms. The van der Waals surface area contributed by atoms with E-state index in [0.717, 1.165) is 0 Å². The van der Waals surface area contributed by atoms with E-state index in [9.17, 15) is 4.79 Å². The highest BCUT2D eigenvalue weighted by molar-refractivity contribution is 7.71. The van der Waals surface area contributed by atoms with E-state index in [1.54, 1.807) is 18.3 Å². The van der Waals surface area contributed by atoms with Gasteiger partial charge in [0.25, 0.3) is 5.91 Å². The Morgan fingerprint density at radius 2 is 2.33 bits per heavy atom. The van der Waals surface area contributed by atoms with Crippen LogP contribution in [0.3, 0.4) is 0 Å². The Kier molecular flexibility index (Phi) is 4.50. The van der Waals surface area contributed by atoms with Gasteiger partial charge < -0.3 is 4.98 Å². The first-order chi connectivity index (χ1) is 5.25. The van der Waals surface area contributed by atoms with Crippen LogP contribution in [-0.2, 0) is 0 Å². The topological polar surface area (TPSA) is 70.9 Å². The van der Waals surface area contributed by atoms with Crippen molar-refractivity contribution in [2.45, 2.75) is 0 Å². The number of carbonyl (C=O) groups excluding carboxylic acids is 1. The van der Waals surface area contributed by atoms with Gasteiger partial charge in [-0.3, -0.25) is 10.2 Å². The van der Waals surface area contributed by atoms with Crippen LogP contribution in [0.2, 0.25) is 0 Å². The number of pyridine rings is 1. The van der Waals surface area contributed by atoms with Crippen LogP contribution >= 0.6 is 24.6 Å². The van der Waals surface area contributed by atoms with Crippen molar-refractivity contribution in [1.29, 1.82) is 0 Å². The highest BCUT2D eigenvalue weighted by Crippen LogP contribution is 1.97. The van der Waals surface area contributed by atoms with Crippen LogP contribution in [0.25, 0.3) is 0 Å². The SMILES string of the molecule is Cl.NNC(=O)c1ccc[nH]c1=S. The van der Waals surface area contributed by atoms with Crippen LogP contribution in [0.15, 0.2) is 18.3 Å². The molecule has 0 aliphatic carbocycles. The zero-order valence-electron chi connectivity index (χ0n) is 6.03. The van der Waals surface area contributed by atoms with Crippen molar-refractivity contribution < 1.29 is 4.79 Å². The number of aromatic nitrogens is 1. The van der Waals surface area contributed by atoms with Crippen LogP contribution < -0.4 is 11.3 Å². The fraction of sp³-hybridized carbons (Fsp3) is 0. The van der Waals surface area contributed by atoms with E-state index in [2.05, 4.69) is 4.98 Å². The predicted octanol–water partition coefficient (Wildman–Crippen LogP) is 0.769. The third kappa shape index (κ3) is 2.30. The molecule has 0 aromatic carbocycles. The van der Waals surface area contributed by atoms with E-state index in [0.29, 0.717) is 10.2 Å². The first kappa shape index (κ1) is 11.1. The van der Waals surface area contributed by atoms with E-state index in [1.807, 2.05) is 5.43 Å². The predicted molar refractivity (Wildman–Crippen MR) is 50.5 cm³/mol. The van der Waals surface area contributed by atoms with Gasteiger partial charge in [-0.2, -0.15) is 0 Å². The fourth-order valence-corrected chi connectivity index (χ4v) is 0.907. The van der Waals surface area contributed by atoms with E-state index in [4.69, 9.17) is 18.1 Å². The standard InChI is InChI=1S/C6H7N3OS.ClH/c7-9-5(10)4-2-1-3-8-6(4)11;/h1-3H,7H2,(H,8,11)(H,9,10);1H. The highest BCUT2D eigenvalue weighted by Gasteiger charge is 2.02. The normalized spacial score (nSPS) is 8.42. The molecular weight excluding hydrogens is 198 g/mol. The molecule has 4 N–H and O–H groups in total. The Balaban J connectivity index is 0.00000121. The molecular formula is C6H8ClN3OS. The molecule has 0 fully saturated rings. The van der Waals surface area contributed by atoms with Crippen molar-refractivity contribution in [1.82, 2.24) is 10.4 Å². The molecule has 0 radical (unpaired) electrons. The lowest BCUT2D eigenvalue weighted by atomic mass is 10.3. The molecule has 1 rings (SSSR count). The molecule has 0 saturated heterocycles. The number of carbonyl (C=O) groups is 1. The van der Waals surface area contributed by atoms with Crippen LogP contribution in [0.5, 0.6) is 0 Å². The van der Waals surface area contributed by atoms with Gasteiger partial charge in [-0.25, -0.2) is 5.84 Å². The summed E-state index contributed by atoms with van der Waals surface area (Å²) in [6.07, 6.45) is 1.65. The summed E-state index contributed by atoms with van der Waals surface area (Å²) in [5.41, 5.74) is 2.38. The van der Waals surface area contributed by atoms with Crippen LogP contribution in [-0.4, -0.2) is 10.9 Å². The van der Waals surface area contributed by atoms with Gasteiger partial charge >= 0.3 is 0 Å². The summed E-state index contributed by atoms with van der Waals surface area (Å²) in [5, 5.41) is 0. The summed E-state index contributed by atoms with van der Waals surface area (Å²) in [6, 6.07) is 3.28. The molecule has 0 spiro atoms. The van der Waals surface area contributed by atoms with Crippen molar-refractivity contribution in [3.8, 4) is 0 Å². The van der Waals surface area contributed by atoms with E-state index in [1.165, 1.54) is 0 Å². The maximum absolute atomic E-state index is 10.9. The highest BCUT2D eigenvalue weighted by atomic mass is 35.5. The Morgan fingerprint density at radius 1 is 1.67 bits per heavy atom. The smallest absolute Gasteiger partial charge is 0.268 e. The lowest BCUT2D eigenvalue weighted by molar-refractivity contribution is 0.0953. The minimum Gasteiger partial charge on any atom is -0.352 e. The third-order valence-corrected chi connectivity index (χ3v) is 1.53. The molecule has 0 aliphatic heterocycles. The number of aromatic amines is 1. The number of amides is 1. The molecule has 6 heteroatoms. The van der Waals surface area contributed by atoms with Crippen LogP contribution in [0, 0.1) is 4.64 Å². The first-order valence-corrected chi connectivity index (χ1v) is 3.35. The minimum absolute atomic E-state index is 0. The summed E-state index contributed by atoms with van der Waals surface area (Å²) >= 11 is 4.82. The van der Waals surface area contributed by atoms with Gasteiger partial charge in [-0.15, -0.1) is 12.4 Å². The number of rotatable bonds is 1. The molecule has 4 nitrogen and oxygen atoms in total. The second-order valence-electron chi connectivity index (χ2n) is 1.89. The van der Waals surface area contributed by atoms with Crippen LogP contribution in [0.4, 0.5) is 0 Å². The minimum atomic E-state index is -0.383. The molecule has 1 heterocycles. The number of nitrogens with two attached hydrogens (primary N) is 1. The summed E-state index contributed by atoms with van der Waals surface area (Å²) in [7, 11) is 0. The molecule has 0 unspecified atom stereocenters. The zero-order chi connectivity index (χ0) is 8.27. The van der Waals surface area contributed by atoms with Gasteiger partial charge in [0.05, 0.1) is 5.56 Å². The molecule has 0 saturated carbocycles. The van der Waals surface area contributed by atoms with E-state index < -0.39 is 0 Å².